The van der Waals surface area contributed by atoms with Gasteiger partial charge in [0.25, 0.3) is 5.91 Å². The number of carboxylic acid groups (broad SMARTS) is 1. The Morgan fingerprint density at radius 3 is 2.64 bits per heavy atom. The average Bonchev–Trinajstić information content (AvgIpc) is 2.64. The number of methoxy groups -OCH3 is 1. The Morgan fingerprint density at radius 1 is 1.20 bits per heavy atom. The van der Waals surface area contributed by atoms with Crippen LogP contribution < -0.4 is 10.1 Å². The molecule has 0 saturated heterocycles. The van der Waals surface area contributed by atoms with Crippen LogP contribution >= 0.6 is 11.8 Å². The molecule has 7 heteroatoms. The number of para-hydroxylation sites is 1. The maximum absolute atomic E-state index is 12.1. The minimum absolute atomic E-state index is 0.101. The van der Waals surface area contributed by atoms with Crippen LogP contribution in [0.5, 0.6) is 5.75 Å². The summed E-state index contributed by atoms with van der Waals surface area (Å²) in [5.41, 5.74) is -0.0445. The first-order valence-electron chi connectivity index (χ1n) is 7.75. The average molecular weight is 360 g/mol. The third-order valence-corrected chi connectivity index (χ3v) is 4.79. The summed E-state index contributed by atoms with van der Waals surface area (Å²) in [5.74, 6) is 0.330. The van der Waals surface area contributed by atoms with E-state index in [1.807, 2.05) is 31.2 Å². The second-order valence-electron chi connectivity index (χ2n) is 5.49. The van der Waals surface area contributed by atoms with Crippen molar-refractivity contribution in [2.24, 2.45) is 5.92 Å². The zero-order valence-electron chi connectivity index (χ0n) is 14.1. The Balaban J connectivity index is 1.85. The summed E-state index contributed by atoms with van der Waals surface area (Å²) in [6.45, 7) is 2.50. The lowest BCUT2D eigenvalue weighted by atomic mass is 10.2. The van der Waals surface area contributed by atoms with Gasteiger partial charge in [0.2, 0.25) is 0 Å². The molecule has 2 N–H and O–H groups in total. The first kappa shape index (κ1) is 18.8. The molecule has 0 spiro atoms. The van der Waals surface area contributed by atoms with E-state index in [1.54, 1.807) is 18.9 Å². The number of aromatic nitrogens is 1. The number of amides is 1. The van der Waals surface area contributed by atoms with Gasteiger partial charge in [-0.3, -0.25) is 4.79 Å². The number of thioether (sulfide) groups is 1. The second kappa shape index (κ2) is 9.08. The third-order valence-electron chi connectivity index (χ3n) is 3.40. The maximum Gasteiger partial charge on any atom is 0.354 e. The molecule has 1 aromatic heterocycles. The standard InChI is InChI=1S/C18H20N2O4S/c1-12(11-25-16-9-4-3-8-15(16)24-2)10-19-17(21)13-6-5-7-14(20-13)18(22)23/h3-9,12H,10-11H2,1-2H3,(H,19,21)(H,22,23). The molecule has 1 unspecified atom stereocenters. The van der Waals surface area contributed by atoms with E-state index in [-0.39, 0.29) is 23.2 Å². The molecule has 132 valence electrons. The Morgan fingerprint density at radius 2 is 1.92 bits per heavy atom. The molecule has 0 bridgehead atoms. The van der Waals surface area contributed by atoms with Crippen LogP contribution in [0.15, 0.2) is 47.4 Å². The number of hydrogen-bond donors (Lipinski definition) is 2. The van der Waals surface area contributed by atoms with E-state index in [1.165, 1.54) is 18.2 Å². The molecule has 0 saturated carbocycles. The van der Waals surface area contributed by atoms with Crippen molar-refractivity contribution in [1.29, 1.82) is 0 Å². The van der Waals surface area contributed by atoms with Crippen molar-refractivity contribution < 1.29 is 19.4 Å². The molecule has 25 heavy (non-hydrogen) atoms. The van der Waals surface area contributed by atoms with E-state index in [0.29, 0.717) is 6.54 Å². The quantitative estimate of drug-likeness (QED) is 0.704. The fourth-order valence-electron chi connectivity index (χ4n) is 2.07. The van der Waals surface area contributed by atoms with Crippen molar-refractivity contribution in [3.05, 3.63) is 53.9 Å². The minimum atomic E-state index is -1.16. The number of rotatable bonds is 8. The van der Waals surface area contributed by atoms with Gasteiger partial charge in [0, 0.05) is 17.2 Å². The molecule has 1 heterocycles. The highest BCUT2D eigenvalue weighted by molar-refractivity contribution is 7.99. The second-order valence-corrected chi connectivity index (χ2v) is 6.55. The highest BCUT2D eigenvalue weighted by atomic mass is 32.2. The number of hydrogen-bond acceptors (Lipinski definition) is 5. The maximum atomic E-state index is 12.1. The predicted molar refractivity (Wildman–Crippen MR) is 96.4 cm³/mol. The molecule has 2 aromatic rings. The topological polar surface area (TPSA) is 88.5 Å². The summed E-state index contributed by atoms with van der Waals surface area (Å²) in [7, 11) is 1.64. The Labute approximate surface area is 150 Å². The van der Waals surface area contributed by atoms with Crippen LogP contribution in [-0.2, 0) is 0 Å². The van der Waals surface area contributed by atoms with Crippen LogP contribution in [0.3, 0.4) is 0 Å². The van der Waals surface area contributed by atoms with Crippen LogP contribution in [0.25, 0.3) is 0 Å². The molecule has 0 aliphatic carbocycles. The fraction of sp³-hybridized carbons (Fsp3) is 0.278. The van der Waals surface area contributed by atoms with Crippen LogP contribution in [0.1, 0.15) is 27.9 Å². The number of ether oxygens (including phenoxy) is 1. The van der Waals surface area contributed by atoms with Crippen molar-refractivity contribution in [3.63, 3.8) is 0 Å². The van der Waals surface area contributed by atoms with Crippen LogP contribution in [-0.4, -0.2) is 41.4 Å². The van der Waals surface area contributed by atoms with Gasteiger partial charge in [0.1, 0.15) is 17.1 Å². The number of pyridine rings is 1. The number of nitrogens with zero attached hydrogens (tertiary/aromatic N) is 1. The molecule has 0 radical (unpaired) electrons. The van der Waals surface area contributed by atoms with Gasteiger partial charge in [-0.1, -0.05) is 25.1 Å². The smallest absolute Gasteiger partial charge is 0.354 e. The lowest BCUT2D eigenvalue weighted by molar-refractivity contribution is 0.0690. The van der Waals surface area contributed by atoms with Crippen molar-refractivity contribution in [2.45, 2.75) is 11.8 Å². The monoisotopic (exact) mass is 360 g/mol. The van der Waals surface area contributed by atoms with Crippen molar-refractivity contribution >= 4 is 23.6 Å². The summed E-state index contributed by atoms with van der Waals surface area (Å²) in [4.78, 5) is 27.9. The van der Waals surface area contributed by atoms with Gasteiger partial charge < -0.3 is 15.2 Å². The van der Waals surface area contributed by atoms with Gasteiger partial charge in [-0.25, -0.2) is 9.78 Å². The normalized spacial score (nSPS) is 11.6. The summed E-state index contributed by atoms with van der Waals surface area (Å²) in [5, 5.41) is 11.7. The van der Waals surface area contributed by atoms with Crippen molar-refractivity contribution in [1.82, 2.24) is 10.3 Å². The summed E-state index contributed by atoms with van der Waals surface area (Å²) < 4.78 is 5.32. The molecular formula is C18H20N2O4S. The molecular weight excluding hydrogens is 340 g/mol. The SMILES string of the molecule is COc1ccccc1SCC(C)CNC(=O)c1cccc(C(=O)O)n1. The first-order valence-corrected chi connectivity index (χ1v) is 8.74. The predicted octanol–water partition coefficient (Wildman–Crippen LogP) is 2.95. The largest absolute Gasteiger partial charge is 0.496 e. The summed E-state index contributed by atoms with van der Waals surface area (Å²) >= 11 is 1.66. The number of carbonyl (C=O) groups excluding carboxylic acids is 1. The number of benzene rings is 1. The van der Waals surface area contributed by atoms with E-state index in [0.717, 1.165) is 16.4 Å². The van der Waals surface area contributed by atoms with E-state index >= 15 is 0 Å². The Hall–Kier alpha value is -2.54. The van der Waals surface area contributed by atoms with E-state index in [2.05, 4.69) is 10.3 Å². The van der Waals surface area contributed by atoms with E-state index in [9.17, 15) is 9.59 Å². The molecule has 6 nitrogen and oxygen atoms in total. The molecule has 1 atom stereocenters. The molecule has 1 aromatic carbocycles. The van der Waals surface area contributed by atoms with Crippen molar-refractivity contribution in [2.75, 3.05) is 19.4 Å². The van der Waals surface area contributed by atoms with Gasteiger partial charge >= 0.3 is 5.97 Å². The number of aromatic carboxylic acids is 1. The highest BCUT2D eigenvalue weighted by Crippen LogP contribution is 2.29. The van der Waals surface area contributed by atoms with Crippen LogP contribution in [0.2, 0.25) is 0 Å². The zero-order chi connectivity index (χ0) is 18.2. The molecule has 0 aliphatic rings. The van der Waals surface area contributed by atoms with Gasteiger partial charge in [-0.05, 0) is 30.2 Å². The molecule has 1 amide bonds. The number of nitrogens with one attached hydrogen (secondary N) is 1. The molecule has 2 rings (SSSR count). The lowest BCUT2D eigenvalue weighted by Gasteiger charge is -2.13. The highest BCUT2D eigenvalue weighted by Gasteiger charge is 2.13. The molecule has 0 fully saturated rings. The minimum Gasteiger partial charge on any atom is -0.496 e. The third kappa shape index (κ3) is 5.49. The Kier molecular flexibility index (Phi) is 6.82. The zero-order valence-corrected chi connectivity index (χ0v) is 14.9. The van der Waals surface area contributed by atoms with E-state index < -0.39 is 5.97 Å². The fourth-order valence-corrected chi connectivity index (χ4v) is 3.12. The Bertz CT molecular complexity index is 751. The molecule has 0 aliphatic heterocycles. The summed E-state index contributed by atoms with van der Waals surface area (Å²) in [6, 6.07) is 12.1. The van der Waals surface area contributed by atoms with Gasteiger partial charge in [-0.15, -0.1) is 11.8 Å². The summed E-state index contributed by atoms with van der Waals surface area (Å²) in [6.07, 6.45) is 0. The van der Waals surface area contributed by atoms with Crippen LogP contribution in [0, 0.1) is 5.92 Å². The van der Waals surface area contributed by atoms with Crippen molar-refractivity contribution in [3.8, 4) is 5.75 Å². The van der Waals surface area contributed by atoms with Gasteiger partial charge in [0.05, 0.1) is 7.11 Å². The van der Waals surface area contributed by atoms with Gasteiger partial charge in [0.15, 0.2) is 0 Å². The number of carboxylic acids is 1. The van der Waals surface area contributed by atoms with Crippen LogP contribution in [0.4, 0.5) is 0 Å². The van der Waals surface area contributed by atoms with E-state index in [4.69, 9.17) is 9.84 Å². The number of carbonyl (C=O) groups is 2. The first-order chi connectivity index (χ1) is 12.0. The van der Waals surface area contributed by atoms with Gasteiger partial charge in [-0.2, -0.15) is 0 Å². The lowest BCUT2D eigenvalue weighted by Crippen LogP contribution is -2.30.